The number of nitrogens with zero attached hydrogens (tertiary/aromatic N) is 3. The summed E-state index contributed by atoms with van der Waals surface area (Å²) in [4.78, 5) is 15.7. The van der Waals surface area contributed by atoms with Gasteiger partial charge < -0.3 is 4.74 Å². The van der Waals surface area contributed by atoms with Gasteiger partial charge in [-0.25, -0.2) is 22.6 Å². The first kappa shape index (κ1) is 20.0. The molecule has 0 radical (unpaired) electrons. The van der Waals surface area contributed by atoms with E-state index in [1.165, 1.54) is 30.3 Å². The van der Waals surface area contributed by atoms with Gasteiger partial charge in [0.25, 0.3) is 16.0 Å². The van der Waals surface area contributed by atoms with E-state index in [1.54, 1.807) is 13.0 Å². The molecule has 0 atom stereocenters. The molecule has 0 aliphatic carbocycles. The van der Waals surface area contributed by atoms with E-state index >= 15 is 0 Å². The van der Waals surface area contributed by atoms with Gasteiger partial charge >= 0.3 is 5.97 Å². The van der Waals surface area contributed by atoms with E-state index in [2.05, 4.69) is 35.5 Å². The van der Waals surface area contributed by atoms with Crippen molar-refractivity contribution in [2.24, 2.45) is 0 Å². The van der Waals surface area contributed by atoms with Gasteiger partial charge in [-0.2, -0.15) is 4.98 Å². The SMILES string of the molecule is COC(=O)c1ccc(C)c(S(=O)(=O)Nc2ncn(Cc3ccc(Br)cc3)n2)c1. The molecule has 0 aliphatic rings. The second kappa shape index (κ2) is 8.11. The largest absolute Gasteiger partial charge is 0.465 e. The molecule has 0 saturated heterocycles. The van der Waals surface area contributed by atoms with E-state index in [4.69, 9.17) is 0 Å². The molecule has 0 saturated carbocycles. The lowest BCUT2D eigenvalue weighted by molar-refractivity contribution is 0.0600. The normalized spacial score (nSPS) is 11.2. The highest BCUT2D eigenvalue weighted by atomic mass is 79.9. The maximum Gasteiger partial charge on any atom is 0.337 e. The lowest BCUT2D eigenvalue weighted by Gasteiger charge is -2.09. The van der Waals surface area contributed by atoms with Crippen LogP contribution in [-0.4, -0.2) is 36.3 Å². The fraction of sp³-hybridized carbons (Fsp3) is 0.167. The van der Waals surface area contributed by atoms with Gasteiger partial charge in [0.1, 0.15) is 6.33 Å². The number of hydrogen-bond acceptors (Lipinski definition) is 6. The number of ether oxygens (including phenoxy) is 1. The second-order valence-corrected chi connectivity index (χ2v) is 8.54. The molecule has 2 aromatic carbocycles. The summed E-state index contributed by atoms with van der Waals surface area (Å²) in [6.07, 6.45) is 1.44. The third-order valence-electron chi connectivity index (χ3n) is 3.92. The molecular weight excluding hydrogens is 448 g/mol. The zero-order valence-electron chi connectivity index (χ0n) is 15.1. The van der Waals surface area contributed by atoms with Crippen molar-refractivity contribution in [3.05, 3.63) is 70.0 Å². The van der Waals surface area contributed by atoms with Crippen LogP contribution in [0.1, 0.15) is 21.5 Å². The van der Waals surface area contributed by atoms with E-state index in [0.717, 1.165) is 10.0 Å². The van der Waals surface area contributed by atoms with Gasteiger partial charge in [0, 0.05) is 4.47 Å². The Morgan fingerprint density at radius 3 is 2.61 bits per heavy atom. The average molecular weight is 465 g/mol. The zero-order chi connectivity index (χ0) is 20.3. The molecular formula is C18H17BrN4O4S. The van der Waals surface area contributed by atoms with Crippen LogP contribution in [0.2, 0.25) is 0 Å². The Balaban J connectivity index is 1.80. The number of rotatable bonds is 6. The first-order chi connectivity index (χ1) is 13.3. The minimum Gasteiger partial charge on any atom is -0.465 e. The molecule has 3 rings (SSSR count). The summed E-state index contributed by atoms with van der Waals surface area (Å²) in [6, 6.07) is 12.0. The lowest BCUT2D eigenvalue weighted by Crippen LogP contribution is -2.16. The highest BCUT2D eigenvalue weighted by molar-refractivity contribution is 9.10. The van der Waals surface area contributed by atoms with Crippen molar-refractivity contribution >= 4 is 37.9 Å². The van der Waals surface area contributed by atoms with Crippen LogP contribution in [0.15, 0.2) is 58.2 Å². The first-order valence-electron chi connectivity index (χ1n) is 8.14. The number of aromatic nitrogens is 3. The van der Waals surface area contributed by atoms with Gasteiger partial charge in [-0.15, -0.1) is 5.10 Å². The maximum atomic E-state index is 12.7. The maximum absolute atomic E-state index is 12.7. The number of anilines is 1. The first-order valence-corrected chi connectivity index (χ1v) is 10.4. The van der Waals surface area contributed by atoms with Crippen LogP contribution < -0.4 is 4.72 Å². The van der Waals surface area contributed by atoms with Crippen molar-refractivity contribution in [3.63, 3.8) is 0 Å². The van der Waals surface area contributed by atoms with Crippen molar-refractivity contribution < 1.29 is 17.9 Å². The minimum absolute atomic E-state index is 0.0420. The van der Waals surface area contributed by atoms with Crippen LogP contribution in [0, 0.1) is 6.92 Å². The summed E-state index contributed by atoms with van der Waals surface area (Å²) >= 11 is 3.37. The molecule has 0 spiro atoms. The molecule has 0 bridgehead atoms. The topological polar surface area (TPSA) is 103 Å². The predicted molar refractivity (Wildman–Crippen MR) is 107 cm³/mol. The van der Waals surface area contributed by atoms with Crippen LogP contribution in [-0.2, 0) is 21.3 Å². The molecule has 3 aromatic rings. The predicted octanol–water partition coefficient (Wildman–Crippen LogP) is 2.98. The van der Waals surface area contributed by atoms with Crippen molar-refractivity contribution in [3.8, 4) is 0 Å². The Hall–Kier alpha value is -2.72. The van der Waals surface area contributed by atoms with Gasteiger partial charge in [-0.1, -0.05) is 34.1 Å². The molecule has 10 heteroatoms. The quantitative estimate of drug-likeness (QED) is 0.562. The fourth-order valence-corrected chi connectivity index (χ4v) is 3.99. The third kappa shape index (κ3) is 4.57. The molecule has 28 heavy (non-hydrogen) atoms. The number of nitrogens with one attached hydrogen (secondary N) is 1. The van der Waals surface area contributed by atoms with Crippen molar-refractivity contribution in [1.82, 2.24) is 14.8 Å². The van der Waals surface area contributed by atoms with E-state index in [9.17, 15) is 13.2 Å². The Bertz CT molecular complexity index is 1110. The number of benzene rings is 2. The van der Waals surface area contributed by atoms with Gasteiger partial charge in [-0.05, 0) is 42.3 Å². The van der Waals surface area contributed by atoms with E-state index in [-0.39, 0.29) is 16.4 Å². The fourth-order valence-electron chi connectivity index (χ4n) is 2.50. The Morgan fingerprint density at radius 2 is 1.93 bits per heavy atom. The number of carbonyl (C=O) groups is 1. The number of halogens is 1. The molecule has 0 aliphatic heterocycles. The van der Waals surface area contributed by atoms with Crippen molar-refractivity contribution in [2.75, 3.05) is 11.8 Å². The molecule has 1 heterocycles. The van der Waals surface area contributed by atoms with Gasteiger partial charge in [0.15, 0.2) is 0 Å². The van der Waals surface area contributed by atoms with Gasteiger partial charge in [0.05, 0.1) is 24.1 Å². The van der Waals surface area contributed by atoms with Crippen molar-refractivity contribution in [1.29, 1.82) is 0 Å². The summed E-state index contributed by atoms with van der Waals surface area (Å²) in [5, 5.41) is 4.15. The molecule has 0 amide bonds. The smallest absolute Gasteiger partial charge is 0.337 e. The lowest BCUT2D eigenvalue weighted by atomic mass is 10.1. The van der Waals surface area contributed by atoms with Crippen LogP contribution in [0.25, 0.3) is 0 Å². The number of aryl methyl sites for hydroxylation is 1. The summed E-state index contributed by atoms with van der Waals surface area (Å²) in [5.41, 5.74) is 1.61. The van der Waals surface area contributed by atoms with Crippen LogP contribution in [0.4, 0.5) is 5.95 Å². The summed E-state index contributed by atoms with van der Waals surface area (Å²) in [5.74, 6) is -0.673. The Kier molecular flexibility index (Phi) is 5.80. The molecule has 0 unspecified atom stereocenters. The summed E-state index contributed by atoms with van der Waals surface area (Å²) in [7, 11) is -2.74. The van der Waals surface area contributed by atoms with Crippen LogP contribution in [0.5, 0.6) is 0 Å². The number of hydrogen-bond donors (Lipinski definition) is 1. The molecule has 1 N–H and O–H groups in total. The van der Waals surface area contributed by atoms with E-state index in [1.807, 2.05) is 24.3 Å². The highest BCUT2D eigenvalue weighted by Crippen LogP contribution is 2.20. The molecule has 8 nitrogen and oxygen atoms in total. The molecule has 1 aromatic heterocycles. The van der Waals surface area contributed by atoms with Gasteiger partial charge in [0.2, 0.25) is 0 Å². The summed E-state index contributed by atoms with van der Waals surface area (Å²) < 4.78 is 34.9. The standard InChI is InChI=1S/C18H17BrN4O4S/c1-12-3-6-14(17(24)27-2)9-16(12)28(25,26)22-18-20-11-23(21-18)10-13-4-7-15(19)8-5-13/h3-9,11H,10H2,1-2H3,(H,21,22). The van der Waals surface area contributed by atoms with E-state index < -0.39 is 16.0 Å². The molecule has 0 fully saturated rings. The monoisotopic (exact) mass is 464 g/mol. The Morgan fingerprint density at radius 1 is 1.21 bits per heavy atom. The number of carbonyl (C=O) groups excluding carboxylic acids is 1. The minimum atomic E-state index is -3.98. The van der Waals surface area contributed by atoms with Gasteiger partial charge in [-0.3, -0.25) is 0 Å². The number of sulfonamides is 1. The van der Waals surface area contributed by atoms with Crippen molar-refractivity contribution in [2.45, 2.75) is 18.4 Å². The number of esters is 1. The molecule has 146 valence electrons. The van der Waals surface area contributed by atoms with Crippen LogP contribution in [0.3, 0.4) is 0 Å². The average Bonchev–Trinajstić information content (AvgIpc) is 3.09. The van der Waals surface area contributed by atoms with E-state index in [0.29, 0.717) is 12.1 Å². The third-order valence-corrected chi connectivity index (χ3v) is 5.92. The zero-order valence-corrected chi connectivity index (χ0v) is 17.5. The van der Waals surface area contributed by atoms with Crippen LogP contribution >= 0.6 is 15.9 Å². The highest BCUT2D eigenvalue weighted by Gasteiger charge is 2.21. The number of methoxy groups -OCH3 is 1. The second-order valence-electron chi connectivity index (χ2n) is 5.97. The Labute approximate surface area is 170 Å². The summed E-state index contributed by atoms with van der Waals surface area (Å²) in [6.45, 7) is 2.08.